The van der Waals surface area contributed by atoms with E-state index in [1.807, 2.05) is 45.0 Å². The Morgan fingerprint density at radius 3 is 2.00 bits per heavy atom. The van der Waals surface area contributed by atoms with Crippen LogP contribution >= 0.6 is 0 Å². The van der Waals surface area contributed by atoms with Gasteiger partial charge < -0.3 is 9.47 Å². The zero-order valence-corrected chi connectivity index (χ0v) is 13.3. The lowest BCUT2D eigenvalue weighted by atomic mass is 10.0. The number of hydrogen-bond acceptors (Lipinski definition) is 2. The Bertz CT molecular complexity index is 641. The van der Waals surface area contributed by atoms with Gasteiger partial charge in [-0.25, -0.2) is 0 Å². The topological polar surface area (TPSA) is 18.5 Å². The fourth-order valence-corrected chi connectivity index (χ4v) is 2.12. The van der Waals surface area contributed by atoms with E-state index in [2.05, 4.69) is 4.74 Å². The van der Waals surface area contributed by atoms with Crippen LogP contribution in [0.15, 0.2) is 48.5 Å². The van der Waals surface area contributed by atoms with Crippen LogP contribution in [-0.4, -0.2) is 12.0 Å². The minimum Gasteiger partial charge on any atom is -0.488 e. The van der Waals surface area contributed by atoms with Crippen molar-refractivity contribution in [2.24, 2.45) is 0 Å². The van der Waals surface area contributed by atoms with E-state index in [4.69, 9.17) is 4.74 Å². The first kappa shape index (κ1) is 17.2. The molecule has 0 aliphatic rings. The molecule has 0 saturated carbocycles. The summed E-state index contributed by atoms with van der Waals surface area (Å²) in [6.45, 7) is 5.85. The van der Waals surface area contributed by atoms with Gasteiger partial charge in [-0.2, -0.15) is 0 Å². The Balaban J connectivity index is 2.14. The molecule has 0 atom stereocenters. The molecule has 0 radical (unpaired) electrons. The summed E-state index contributed by atoms with van der Waals surface area (Å²) in [5, 5.41) is 0. The molecular formula is C18H19F3O2. The van der Waals surface area contributed by atoms with Crippen LogP contribution in [0.3, 0.4) is 0 Å². The van der Waals surface area contributed by atoms with E-state index in [0.29, 0.717) is 12.0 Å². The summed E-state index contributed by atoms with van der Waals surface area (Å²) in [6, 6.07) is 13.5. The summed E-state index contributed by atoms with van der Waals surface area (Å²) >= 11 is 0. The molecular weight excluding hydrogens is 305 g/mol. The zero-order valence-electron chi connectivity index (χ0n) is 13.3. The van der Waals surface area contributed by atoms with E-state index in [1.165, 1.54) is 12.1 Å². The number of para-hydroxylation sites is 1. The second kappa shape index (κ2) is 6.52. The van der Waals surface area contributed by atoms with Crippen molar-refractivity contribution in [2.75, 3.05) is 0 Å². The standard InChI is InChI=1S/C18H19F3O2/c1-17(2,3)22-15-10-8-13(9-11-15)12-14-6-4-5-7-16(14)23-18(19,20)21/h4-11H,12H2,1-3H3. The van der Waals surface area contributed by atoms with Gasteiger partial charge >= 0.3 is 6.36 Å². The molecule has 5 heteroatoms. The minimum absolute atomic E-state index is 0.171. The van der Waals surface area contributed by atoms with Crippen LogP contribution in [0.1, 0.15) is 31.9 Å². The van der Waals surface area contributed by atoms with Crippen molar-refractivity contribution in [3.63, 3.8) is 0 Å². The zero-order chi connectivity index (χ0) is 17.1. The SMILES string of the molecule is CC(C)(C)Oc1ccc(Cc2ccccc2OC(F)(F)F)cc1. The number of alkyl halides is 3. The third-order valence-corrected chi connectivity index (χ3v) is 2.94. The summed E-state index contributed by atoms with van der Waals surface area (Å²) < 4.78 is 47.1. The summed E-state index contributed by atoms with van der Waals surface area (Å²) in [4.78, 5) is 0. The predicted octanol–water partition coefficient (Wildman–Crippen LogP) is 5.35. The molecule has 0 amide bonds. The maximum absolute atomic E-state index is 12.4. The van der Waals surface area contributed by atoms with Gasteiger partial charge in [-0.05, 0) is 50.1 Å². The Morgan fingerprint density at radius 1 is 0.826 bits per heavy atom. The Kier molecular flexibility index (Phi) is 4.88. The molecule has 0 N–H and O–H groups in total. The highest BCUT2D eigenvalue weighted by atomic mass is 19.4. The van der Waals surface area contributed by atoms with Crippen LogP contribution in [0.2, 0.25) is 0 Å². The Hall–Kier alpha value is -2.17. The van der Waals surface area contributed by atoms with Crippen LogP contribution in [0.5, 0.6) is 11.5 Å². The molecule has 0 saturated heterocycles. The van der Waals surface area contributed by atoms with E-state index in [0.717, 1.165) is 11.3 Å². The minimum atomic E-state index is -4.69. The second-order valence-electron chi connectivity index (χ2n) is 6.19. The van der Waals surface area contributed by atoms with Gasteiger partial charge in [0.15, 0.2) is 0 Å². The average molecular weight is 324 g/mol. The maximum atomic E-state index is 12.4. The van der Waals surface area contributed by atoms with Gasteiger partial charge in [0.1, 0.15) is 17.1 Å². The molecule has 2 aromatic carbocycles. The summed E-state index contributed by atoms with van der Waals surface area (Å²) in [7, 11) is 0. The van der Waals surface area contributed by atoms with Crippen molar-refractivity contribution in [3.8, 4) is 11.5 Å². The monoisotopic (exact) mass is 324 g/mol. The third-order valence-electron chi connectivity index (χ3n) is 2.94. The Labute approximate surface area is 133 Å². The fraction of sp³-hybridized carbons (Fsp3) is 0.333. The van der Waals surface area contributed by atoms with Crippen molar-refractivity contribution in [1.29, 1.82) is 0 Å². The van der Waals surface area contributed by atoms with E-state index in [-0.39, 0.29) is 11.4 Å². The summed E-state index contributed by atoms with van der Waals surface area (Å²) in [6.07, 6.45) is -4.34. The van der Waals surface area contributed by atoms with Gasteiger partial charge in [-0.15, -0.1) is 13.2 Å². The van der Waals surface area contributed by atoms with E-state index >= 15 is 0 Å². The average Bonchev–Trinajstić information content (AvgIpc) is 2.40. The summed E-state index contributed by atoms with van der Waals surface area (Å²) in [5.74, 6) is 0.552. The lowest BCUT2D eigenvalue weighted by Gasteiger charge is -2.21. The lowest BCUT2D eigenvalue weighted by Crippen LogP contribution is -2.22. The van der Waals surface area contributed by atoms with E-state index in [9.17, 15) is 13.2 Å². The molecule has 0 heterocycles. The van der Waals surface area contributed by atoms with E-state index < -0.39 is 6.36 Å². The van der Waals surface area contributed by atoms with Gasteiger partial charge in [0.05, 0.1) is 0 Å². The van der Waals surface area contributed by atoms with Gasteiger partial charge in [0, 0.05) is 6.42 Å². The molecule has 0 spiro atoms. The molecule has 0 aliphatic carbocycles. The van der Waals surface area contributed by atoms with Crippen LogP contribution in [0, 0.1) is 0 Å². The van der Waals surface area contributed by atoms with E-state index in [1.54, 1.807) is 12.1 Å². The molecule has 0 aliphatic heterocycles. The van der Waals surface area contributed by atoms with Crippen LogP contribution in [0.4, 0.5) is 13.2 Å². The molecule has 0 bridgehead atoms. The van der Waals surface area contributed by atoms with Crippen molar-refractivity contribution in [3.05, 3.63) is 59.7 Å². The van der Waals surface area contributed by atoms with Crippen molar-refractivity contribution >= 4 is 0 Å². The second-order valence-corrected chi connectivity index (χ2v) is 6.19. The first-order valence-corrected chi connectivity index (χ1v) is 7.24. The molecule has 0 aromatic heterocycles. The number of benzene rings is 2. The fourth-order valence-electron chi connectivity index (χ4n) is 2.12. The number of hydrogen-bond donors (Lipinski definition) is 0. The quantitative estimate of drug-likeness (QED) is 0.754. The molecule has 23 heavy (non-hydrogen) atoms. The van der Waals surface area contributed by atoms with Gasteiger partial charge in [0.25, 0.3) is 0 Å². The number of ether oxygens (including phenoxy) is 2. The highest BCUT2D eigenvalue weighted by Crippen LogP contribution is 2.28. The molecule has 2 rings (SSSR count). The van der Waals surface area contributed by atoms with Gasteiger partial charge in [-0.3, -0.25) is 0 Å². The number of halogens is 3. The summed E-state index contributed by atoms with van der Waals surface area (Å²) in [5.41, 5.74) is 1.06. The first-order valence-electron chi connectivity index (χ1n) is 7.24. The van der Waals surface area contributed by atoms with Crippen LogP contribution in [-0.2, 0) is 6.42 Å². The van der Waals surface area contributed by atoms with Gasteiger partial charge in [0.2, 0.25) is 0 Å². The lowest BCUT2D eigenvalue weighted by molar-refractivity contribution is -0.274. The molecule has 124 valence electrons. The molecule has 2 nitrogen and oxygen atoms in total. The molecule has 0 fully saturated rings. The highest BCUT2D eigenvalue weighted by molar-refractivity contribution is 5.39. The van der Waals surface area contributed by atoms with Crippen molar-refractivity contribution in [2.45, 2.75) is 39.2 Å². The highest BCUT2D eigenvalue weighted by Gasteiger charge is 2.31. The van der Waals surface area contributed by atoms with Gasteiger partial charge in [-0.1, -0.05) is 30.3 Å². The molecule has 0 unspecified atom stereocenters. The Morgan fingerprint density at radius 2 is 1.43 bits per heavy atom. The molecule has 2 aromatic rings. The van der Waals surface area contributed by atoms with Crippen molar-refractivity contribution in [1.82, 2.24) is 0 Å². The normalized spacial score (nSPS) is 12.1. The third kappa shape index (κ3) is 5.85. The van der Waals surface area contributed by atoms with Crippen LogP contribution < -0.4 is 9.47 Å². The van der Waals surface area contributed by atoms with Crippen LogP contribution in [0.25, 0.3) is 0 Å². The number of rotatable bonds is 4. The van der Waals surface area contributed by atoms with Crippen molar-refractivity contribution < 1.29 is 22.6 Å². The maximum Gasteiger partial charge on any atom is 0.573 e. The smallest absolute Gasteiger partial charge is 0.488 e. The largest absolute Gasteiger partial charge is 0.573 e. The first-order chi connectivity index (χ1) is 10.6. The predicted molar refractivity (Wildman–Crippen MR) is 82.8 cm³/mol.